The van der Waals surface area contributed by atoms with Crippen molar-refractivity contribution in [3.63, 3.8) is 0 Å². The van der Waals surface area contributed by atoms with E-state index in [1.165, 1.54) is 16.4 Å². The minimum Gasteiger partial charge on any atom is -0.396 e. The average Bonchev–Trinajstić information content (AvgIpc) is 2.44. The summed E-state index contributed by atoms with van der Waals surface area (Å²) in [6, 6.07) is 2.05. The van der Waals surface area contributed by atoms with Gasteiger partial charge in [-0.05, 0) is 12.1 Å². The lowest BCUT2D eigenvalue weighted by atomic mass is 10.3. The molecule has 1 heterocycles. The fourth-order valence-electron chi connectivity index (χ4n) is 1.97. The van der Waals surface area contributed by atoms with Crippen molar-refractivity contribution in [1.82, 2.24) is 4.31 Å². The van der Waals surface area contributed by atoms with Gasteiger partial charge in [0.15, 0.2) is 0 Å². The molecule has 0 aliphatic carbocycles. The predicted molar refractivity (Wildman–Crippen MR) is 76.5 cm³/mol. The van der Waals surface area contributed by atoms with Gasteiger partial charge in [-0.2, -0.15) is 4.31 Å². The number of nitrogen functional groups attached to an aromatic ring is 1. The molecule has 0 amide bonds. The summed E-state index contributed by atoms with van der Waals surface area (Å²) < 4.78 is 31.6. The Hall–Kier alpha value is -0.570. The van der Waals surface area contributed by atoms with Gasteiger partial charge in [0.05, 0.1) is 41.6 Å². The molecule has 1 aliphatic rings. The lowest BCUT2D eigenvalue weighted by Crippen LogP contribution is -2.50. The van der Waals surface area contributed by atoms with Gasteiger partial charge in [0.25, 0.3) is 0 Å². The lowest BCUT2D eigenvalue weighted by molar-refractivity contribution is 0.0109. The first kappa shape index (κ1) is 15.8. The first-order valence-corrected chi connectivity index (χ1v) is 8.03. The van der Waals surface area contributed by atoms with Crippen LogP contribution < -0.4 is 5.73 Å². The number of benzene rings is 1. The van der Waals surface area contributed by atoms with Gasteiger partial charge in [-0.15, -0.1) is 0 Å². The largest absolute Gasteiger partial charge is 0.396 e. The number of hydrogen-bond donors (Lipinski definition) is 2. The average molecular weight is 341 g/mol. The van der Waals surface area contributed by atoms with Crippen LogP contribution in [-0.4, -0.2) is 50.2 Å². The molecule has 0 spiro atoms. The molecule has 1 unspecified atom stereocenters. The molecule has 0 aromatic heterocycles. The van der Waals surface area contributed by atoms with Gasteiger partial charge < -0.3 is 15.6 Å². The van der Waals surface area contributed by atoms with Crippen molar-refractivity contribution in [1.29, 1.82) is 0 Å². The third-order valence-electron chi connectivity index (χ3n) is 3.06. The number of aliphatic hydroxyl groups is 1. The molecule has 1 fully saturated rings. The summed E-state index contributed by atoms with van der Waals surface area (Å²) >= 11 is 11.8. The molecule has 0 radical (unpaired) electrons. The molecule has 0 bridgehead atoms. The molecule has 9 heteroatoms. The molecule has 1 aliphatic heterocycles. The Labute approximate surface area is 127 Å². The van der Waals surface area contributed by atoms with Crippen LogP contribution in [-0.2, 0) is 14.8 Å². The van der Waals surface area contributed by atoms with Gasteiger partial charge in [0.1, 0.15) is 4.90 Å². The Morgan fingerprint density at radius 3 is 2.80 bits per heavy atom. The Balaban J connectivity index is 2.47. The molecule has 1 saturated heterocycles. The molecule has 6 nitrogen and oxygen atoms in total. The molecule has 0 saturated carbocycles. The van der Waals surface area contributed by atoms with Crippen molar-refractivity contribution in [2.75, 3.05) is 32.1 Å². The summed E-state index contributed by atoms with van der Waals surface area (Å²) in [6.45, 7) is 0.208. The Kier molecular flexibility index (Phi) is 4.78. The molecule has 1 atom stereocenters. The molecular weight excluding hydrogens is 327 g/mol. The van der Waals surface area contributed by atoms with E-state index in [1.54, 1.807) is 0 Å². The normalized spacial score (nSPS) is 21.1. The summed E-state index contributed by atoms with van der Waals surface area (Å²) in [5.41, 5.74) is 5.67. The second-order valence-corrected chi connectivity index (χ2v) is 6.94. The minimum absolute atomic E-state index is 0.0169. The van der Waals surface area contributed by atoms with Gasteiger partial charge in [-0.25, -0.2) is 8.42 Å². The lowest BCUT2D eigenvalue weighted by Gasteiger charge is -2.33. The number of ether oxygens (including phenoxy) is 1. The van der Waals surface area contributed by atoms with Crippen LogP contribution in [0.1, 0.15) is 0 Å². The zero-order valence-corrected chi connectivity index (χ0v) is 12.7. The van der Waals surface area contributed by atoms with Crippen molar-refractivity contribution in [2.45, 2.75) is 10.9 Å². The van der Waals surface area contributed by atoms with E-state index in [0.717, 1.165) is 0 Å². The van der Waals surface area contributed by atoms with E-state index in [4.69, 9.17) is 33.7 Å². The second-order valence-electron chi connectivity index (χ2n) is 4.30. The molecule has 112 valence electrons. The van der Waals surface area contributed by atoms with Gasteiger partial charge in [0.2, 0.25) is 10.0 Å². The zero-order chi connectivity index (χ0) is 14.9. The monoisotopic (exact) mass is 340 g/mol. The highest BCUT2D eigenvalue weighted by Gasteiger charge is 2.35. The summed E-state index contributed by atoms with van der Waals surface area (Å²) in [5.74, 6) is 0. The topological polar surface area (TPSA) is 92.9 Å². The molecule has 2 rings (SSSR count). The number of morpholine rings is 1. The maximum Gasteiger partial charge on any atom is 0.245 e. The second kappa shape index (κ2) is 6.05. The third-order valence-corrected chi connectivity index (χ3v) is 5.91. The molecule has 1 aromatic carbocycles. The van der Waals surface area contributed by atoms with Crippen LogP contribution in [0.5, 0.6) is 0 Å². The highest BCUT2D eigenvalue weighted by atomic mass is 35.5. The SMILES string of the molecule is Nc1c(Cl)ccc(S(=O)(=O)N2CCOCC2CO)c1Cl. The van der Waals surface area contributed by atoms with Gasteiger partial charge in [0, 0.05) is 6.54 Å². The van der Waals surface area contributed by atoms with E-state index in [1.807, 2.05) is 0 Å². The van der Waals surface area contributed by atoms with Crippen LogP contribution in [0.2, 0.25) is 10.0 Å². The molecule has 3 N–H and O–H groups in total. The van der Waals surface area contributed by atoms with Crippen molar-refractivity contribution in [3.05, 3.63) is 22.2 Å². The van der Waals surface area contributed by atoms with Crippen molar-refractivity contribution >= 4 is 38.9 Å². The first-order valence-electron chi connectivity index (χ1n) is 5.83. The minimum atomic E-state index is -3.87. The van der Waals surface area contributed by atoms with Gasteiger partial charge >= 0.3 is 0 Å². The number of hydrogen-bond acceptors (Lipinski definition) is 5. The quantitative estimate of drug-likeness (QED) is 0.799. The number of nitrogens with two attached hydrogens (primary N) is 1. The molecule has 20 heavy (non-hydrogen) atoms. The number of halogens is 2. The van der Waals surface area contributed by atoms with E-state index in [2.05, 4.69) is 0 Å². The van der Waals surface area contributed by atoms with E-state index in [0.29, 0.717) is 0 Å². The molecule has 1 aromatic rings. The van der Waals surface area contributed by atoms with Crippen LogP contribution in [0.25, 0.3) is 0 Å². The smallest absolute Gasteiger partial charge is 0.245 e. The summed E-state index contributed by atoms with van der Waals surface area (Å²) in [6.07, 6.45) is 0. The Morgan fingerprint density at radius 1 is 1.45 bits per heavy atom. The zero-order valence-electron chi connectivity index (χ0n) is 10.4. The maximum absolute atomic E-state index is 12.6. The number of aliphatic hydroxyl groups excluding tert-OH is 1. The van der Waals surface area contributed by atoms with Crippen LogP contribution in [0.3, 0.4) is 0 Å². The number of anilines is 1. The van der Waals surface area contributed by atoms with Crippen LogP contribution in [0.15, 0.2) is 17.0 Å². The van der Waals surface area contributed by atoms with Crippen molar-refractivity contribution in [2.24, 2.45) is 0 Å². The van der Waals surface area contributed by atoms with E-state index in [-0.39, 0.29) is 47.0 Å². The van der Waals surface area contributed by atoms with Gasteiger partial charge in [-0.1, -0.05) is 23.2 Å². The highest BCUT2D eigenvalue weighted by Crippen LogP contribution is 2.35. The first-order chi connectivity index (χ1) is 9.39. The summed E-state index contributed by atoms with van der Waals surface area (Å²) in [4.78, 5) is -0.124. The predicted octanol–water partition coefficient (Wildman–Crippen LogP) is 0.957. The number of nitrogens with zero attached hydrogens (tertiary/aromatic N) is 1. The fourth-order valence-corrected chi connectivity index (χ4v) is 4.30. The Bertz CT molecular complexity index is 609. The van der Waals surface area contributed by atoms with E-state index < -0.39 is 16.1 Å². The van der Waals surface area contributed by atoms with E-state index >= 15 is 0 Å². The third kappa shape index (κ3) is 2.74. The number of rotatable bonds is 3. The van der Waals surface area contributed by atoms with E-state index in [9.17, 15) is 13.5 Å². The standard InChI is InChI=1S/C11H14Cl2N2O4S/c12-8-1-2-9(10(13)11(8)14)20(17,18)15-3-4-19-6-7(15)5-16/h1-2,7,16H,3-6,14H2. The summed E-state index contributed by atoms with van der Waals surface area (Å²) in [7, 11) is -3.87. The van der Waals surface area contributed by atoms with Crippen LogP contribution in [0.4, 0.5) is 5.69 Å². The van der Waals surface area contributed by atoms with Crippen LogP contribution in [0, 0.1) is 0 Å². The van der Waals surface area contributed by atoms with Crippen molar-refractivity contribution in [3.8, 4) is 0 Å². The highest BCUT2D eigenvalue weighted by molar-refractivity contribution is 7.89. The Morgan fingerprint density at radius 2 is 2.15 bits per heavy atom. The molecular formula is C11H14Cl2N2O4S. The van der Waals surface area contributed by atoms with Crippen LogP contribution >= 0.6 is 23.2 Å². The van der Waals surface area contributed by atoms with Gasteiger partial charge in [-0.3, -0.25) is 0 Å². The number of sulfonamides is 1. The van der Waals surface area contributed by atoms with Crippen molar-refractivity contribution < 1.29 is 18.3 Å². The fraction of sp³-hybridized carbons (Fsp3) is 0.455. The summed E-state index contributed by atoms with van der Waals surface area (Å²) in [5, 5.41) is 9.35. The maximum atomic E-state index is 12.6.